The zero-order chi connectivity index (χ0) is 19.7. The number of rotatable bonds is 6. The Morgan fingerprint density at radius 3 is 2.71 bits per heavy atom. The number of nitrogens with one attached hydrogen (secondary N) is 1. The third kappa shape index (κ3) is 3.42. The van der Waals surface area contributed by atoms with Crippen LogP contribution < -0.4 is 14.4 Å². The van der Waals surface area contributed by atoms with E-state index < -0.39 is 0 Å². The molecule has 1 aliphatic rings. The summed E-state index contributed by atoms with van der Waals surface area (Å²) >= 11 is 1.52. The smallest absolute Gasteiger partial charge is 0.235 e. The summed E-state index contributed by atoms with van der Waals surface area (Å²) in [7, 11) is 1.66. The van der Waals surface area contributed by atoms with E-state index in [9.17, 15) is 5.11 Å². The van der Waals surface area contributed by atoms with Gasteiger partial charge in [-0.3, -0.25) is 0 Å². The molecule has 1 aliphatic heterocycles. The molecule has 0 unspecified atom stereocenters. The summed E-state index contributed by atoms with van der Waals surface area (Å²) in [4.78, 5) is 7.52. The maximum Gasteiger partial charge on any atom is 0.235 e. The largest absolute Gasteiger partial charge is 0.493 e. The zero-order valence-corrected chi connectivity index (χ0v) is 17.4. The van der Waals surface area contributed by atoms with Gasteiger partial charge in [0.15, 0.2) is 17.5 Å². The third-order valence-electron chi connectivity index (χ3n) is 5.29. The number of nitrogens with zero attached hydrogens (tertiary/aromatic N) is 3. The maximum absolute atomic E-state index is 10.9. The Labute approximate surface area is 168 Å². The number of aryl methyl sites for hydroxylation is 1. The van der Waals surface area contributed by atoms with Crippen molar-refractivity contribution >= 4 is 16.3 Å². The zero-order valence-electron chi connectivity index (χ0n) is 16.6. The lowest BCUT2D eigenvalue weighted by Crippen LogP contribution is -3.13. The van der Waals surface area contributed by atoms with Crippen molar-refractivity contribution in [2.24, 2.45) is 0 Å². The van der Waals surface area contributed by atoms with Gasteiger partial charge in [0.2, 0.25) is 10.8 Å². The molecule has 1 saturated heterocycles. The van der Waals surface area contributed by atoms with E-state index in [0.29, 0.717) is 12.4 Å². The van der Waals surface area contributed by atoms with Gasteiger partial charge in [-0.05, 0) is 51.3 Å². The quantitative estimate of drug-likeness (QED) is 0.661. The normalized spacial score (nSPS) is 16.4. The van der Waals surface area contributed by atoms with Crippen molar-refractivity contribution in [1.29, 1.82) is 0 Å². The fourth-order valence-electron chi connectivity index (χ4n) is 4.04. The monoisotopic (exact) mass is 403 g/mol. The van der Waals surface area contributed by atoms with E-state index in [0.717, 1.165) is 40.0 Å². The van der Waals surface area contributed by atoms with E-state index in [4.69, 9.17) is 9.47 Å². The second-order valence-corrected chi connectivity index (χ2v) is 8.15. The summed E-state index contributed by atoms with van der Waals surface area (Å²) in [5.41, 5.74) is 1.11. The summed E-state index contributed by atoms with van der Waals surface area (Å²) in [6, 6.07) is 6.10. The van der Waals surface area contributed by atoms with Crippen molar-refractivity contribution in [2.75, 3.05) is 26.8 Å². The SMILES string of the molecule is CCOc1ccc([C@@H](c2sc3nc(C)nn3c2O)[NH+]2CCCCC2)cc1OC. The average molecular weight is 404 g/mol. The topological polar surface area (TPSA) is 73.3 Å². The lowest BCUT2D eigenvalue weighted by atomic mass is 10.00. The van der Waals surface area contributed by atoms with Crippen LogP contribution in [0.5, 0.6) is 17.4 Å². The number of aromatic hydroxyl groups is 1. The minimum Gasteiger partial charge on any atom is -0.493 e. The molecule has 0 saturated carbocycles. The van der Waals surface area contributed by atoms with E-state index in [1.54, 1.807) is 11.6 Å². The van der Waals surface area contributed by atoms with Crippen LogP contribution in [0.3, 0.4) is 0 Å². The predicted octanol–water partition coefficient (Wildman–Crippen LogP) is 2.37. The molecule has 28 heavy (non-hydrogen) atoms. The molecule has 0 bridgehead atoms. The van der Waals surface area contributed by atoms with Crippen LogP contribution in [-0.4, -0.2) is 46.5 Å². The maximum atomic E-state index is 10.9. The molecule has 150 valence electrons. The van der Waals surface area contributed by atoms with Crippen LogP contribution >= 0.6 is 11.3 Å². The van der Waals surface area contributed by atoms with Gasteiger partial charge in [-0.15, -0.1) is 5.10 Å². The molecular formula is C20H27N4O3S+. The average Bonchev–Trinajstić information content (AvgIpc) is 3.21. The Morgan fingerprint density at radius 1 is 1.25 bits per heavy atom. The number of quaternary nitrogens is 1. The number of benzene rings is 1. The van der Waals surface area contributed by atoms with Gasteiger partial charge >= 0.3 is 0 Å². The van der Waals surface area contributed by atoms with E-state index in [1.165, 1.54) is 35.5 Å². The van der Waals surface area contributed by atoms with Crippen molar-refractivity contribution in [1.82, 2.24) is 14.6 Å². The summed E-state index contributed by atoms with van der Waals surface area (Å²) in [5, 5.41) is 15.3. The molecule has 3 aromatic rings. The van der Waals surface area contributed by atoms with Gasteiger partial charge in [-0.2, -0.15) is 4.52 Å². The molecule has 1 fully saturated rings. The van der Waals surface area contributed by atoms with Crippen molar-refractivity contribution in [2.45, 2.75) is 39.2 Å². The number of methoxy groups -OCH3 is 1. The van der Waals surface area contributed by atoms with E-state index in [-0.39, 0.29) is 11.9 Å². The number of hydrogen-bond donors (Lipinski definition) is 2. The lowest BCUT2D eigenvalue weighted by molar-refractivity contribution is -0.929. The minimum atomic E-state index is 0.0127. The number of piperidine rings is 1. The van der Waals surface area contributed by atoms with Crippen LogP contribution in [0.25, 0.3) is 4.96 Å². The first kappa shape index (κ1) is 19.0. The van der Waals surface area contributed by atoms with Gasteiger partial charge in [-0.25, -0.2) is 4.98 Å². The van der Waals surface area contributed by atoms with Crippen LogP contribution in [-0.2, 0) is 0 Å². The molecule has 4 rings (SSSR count). The van der Waals surface area contributed by atoms with Crippen LogP contribution in [0.2, 0.25) is 0 Å². The van der Waals surface area contributed by atoms with Gasteiger partial charge in [0.05, 0.1) is 26.8 Å². The number of ether oxygens (including phenoxy) is 2. The van der Waals surface area contributed by atoms with Crippen LogP contribution in [0, 0.1) is 6.92 Å². The highest BCUT2D eigenvalue weighted by molar-refractivity contribution is 7.17. The van der Waals surface area contributed by atoms with Gasteiger partial charge < -0.3 is 19.5 Å². The first-order valence-corrected chi connectivity index (χ1v) is 10.6. The molecule has 2 aromatic heterocycles. The van der Waals surface area contributed by atoms with Crippen molar-refractivity contribution < 1.29 is 19.5 Å². The lowest BCUT2D eigenvalue weighted by Gasteiger charge is -2.31. The van der Waals surface area contributed by atoms with E-state index in [1.807, 2.05) is 26.0 Å². The van der Waals surface area contributed by atoms with Crippen molar-refractivity contribution in [3.8, 4) is 17.4 Å². The van der Waals surface area contributed by atoms with Crippen LogP contribution in [0.15, 0.2) is 18.2 Å². The number of thiazole rings is 1. The molecule has 0 spiro atoms. The Kier molecular flexibility index (Phi) is 5.41. The van der Waals surface area contributed by atoms with Gasteiger partial charge in [0.25, 0.3) is 0 Å². The summed E-state index contributed by atoms with van der Waals surface area (Å²) in [5.74, 6) is 2.31. The molecule has 1 aromatic carbocycles. The molecule has 8 heteroatoms. The van der Waals surface area contributed by atoms with Crippen molar-refractivity contribution in [3.63, 3.8) is 0 Å². The molecule has 1 atom stereocenters. The second kappa shape index (κ2) is 7.97. The Bertz CT molecular complexity index is 962. The first-order chi connectivity index (χ1) is 13.6. The summed E-state index contributed by atoms with van der Waals surface area (Å²) in [6.07, 6.45) is 3.66. The fraction of sp³-hybridized carbons (Fsp3) is 0.500. The molecule has 0 amide bonds. The fourth-order valence-corrected chi connectivity index (χ4v) is 5.23. The molecule has 3 heterocycles. The standard InChI is InChI=1S/C20H26N4O3S/c1-4-27-15-9-8-14(12-16(15)26-3)17(23-10-6-5-7-11-23)18-19(25)24-20(28-18)21-13(2)22-24/h8-9,12,17,25H,4-7,10-11H2,1-3H3/p+1/t17-/m0/s1. The highest BCUT2D eigenvalue weighted by Gasteiger charge is 2.34. The minimum absolute atomic E-state index is 0.0127. The first-order valence-electron chi connectivity index (χ1n) is 9.82. The third-order valence-corrected chi connectivity index (χ3v) is 6.38. The number of aromatic nitrogens is 3. The van der Waals surface area contributed by atoms with E-state index in [2.05, 4.69) is 16.1 Å². The summed E-state index contributed by atoms with van der Waals surface area (Å²) < 4.78 is 12.8. The Morgan fingerprint density at radius 2 is 2.04 bits per heavy atom. The Hall–Kier alpha value is -2.32. The van der Waals surface area contributed by atoms with Gasteiger partial charge in [0, 0.05) is 5.56 Å². The molecule has 2 N–H and O–H groups in total. The van der Waals surface area contributed by atoms with Gasteiger partial charge in [-0.1, -0.05) is 11.3 Å². The van der Waals surface area contributed by atoms with Gasteiger partial charge in [0.1, 0.15) is 10.7 Å². The predicted molar refractivity (Wildman–Crippen MR) is 108 cm³/mol. The Balaban J connectivity index is 1.81. The molecule has 0 radical (unpaired) electrons. The highest BCUT2D eigenvalue weighted by Crippen LogP contribution is 2.38. The van der Waals surface area contributed by atoms with Crippen LogP contribution in [0.4, 0.5) is 0 Å². The number of hydrogen-bond acceptors (Lipinski definition) is 6. The highest BCUT2D eigenvalue weighted by atomic mass is 32.1. The summed E-state index contributed by atoms with van der Waals surface area (Å²) in [6.45, 7) is 6.54. The molecular weight excluding hydrogens is 376 g/mol. The van der Waals surface area contributed by atoms with Crippen molar-refractivity contribution in [3.05, 3.63) is 34.5 Å². The van der Waals surface area contributed by atoms with Crippen LogP contribution in [0.1, 0.15) is 48.5 Å². The van der Waals surface area contributed by atoms with E-state index >= 15 is 0 Å². The second-order valence-electron chi connectivity index (χ2n) is 7.14. The molecule has 0 aliphatic carbocycles. The number of likely N-dealkylation sites (tertiary alicyclic amines) is 1. The molecule has 7 nitrogen and oxygen atoms in total. The number of fused-ring (bicyclic) bond motifs is 1.